The predicted octanol–water partition coefficient (Wildman–Crippen LogP) is 30.9. The average Bonchev–Trinajstić information content (AvgIpc) is 0.875. The number of benzene rings is 16. The largest absolute Gasteiger partial charge is 0.311 e. The Bertz CT molecular complexity index is 6360. The molecule has 2 aromatic heterocycles. The third-order valence-electron chi connectivity index (χ3n) is 25.7. The molecule has 2 aliphatic heterocycles. The fraction of sp³-hybridized carbons (Fsp3) is 0.133. The molecule has 0 bridgehead atoms. The molecule has 0 radical (unpaired) electrons. The summed E-state index contributed by atoms with van der Waals surface area (Å²) in [5, 5.41) is 0. The van der Waals surface area contributed by atoms with Crippen LogP contribution in [0, 0.1) is 0 Å². The Labute approximate surface area is 738 Å². The van der Waals surface area contributed by atoms with Crippen molar-refractivity contribution < 1.29 is 0 Å². The Hall–Kier alpha value is -14.3. The molecule has 606 valence electrons. The molecule has 0 N–H and O–H groups in total. The first-order chi connectivity index (χ1) is 60.6. The standard InChI is InChI=1S/C120H103BN4/c1-117(2,3)94-70-91(71-95(76-94)118(4,5)6)81-58-62-98(63-59-81)122-104-78-100(124-113(87-50-32-18-33-51-87)108(83-42-24-14-25-43-83)109(84-44-26-15-27-45-84)114(124)88-52-34-19-35-53-88)66-68-102(104)121-103-69-67-101(125-115(89-54-36-20-37-55-89)110(85-46-28-16-29-47-85)111(86-48-30-17-31-49-86)116(125)90-56-38-21-39-57-90)79-105(103)123(107-75-93(74-106(122)112(107)121)80-40-22-13-23-41-80)99-64-60-82(61-65-99)92-72-96(119(7,8)9)77-97(73-92)120(10,11)12/h13-79H,1-12H3. The van der Waals surface area contributed by atoms with Crippen LogP contribution in [0.3, 0.4) is 0 Å². The van der Waals surface area contributed by atoms with Gasteiger partial charge in [-0.3, -0.25) is 0 Å². The van der Waals surface area contributed by atoms with Crippen molar-refractivity contribution in [2.45, 2.75) is 105 Å². The summed E-state index contributed by atoms with van der Waals surface area (Å²) in [5.41, 5.74) is 42.3. The Kier molecular flexibility index (Phi) is 20.0. The van der Waals surface area contributed by atoms with Gasteiger partial charge in [0, 0.05) is 67.8 Å². The molecule has 16 aromatic carbocycles. The van der Waals surface area contributed by atoms with Gasteiger partial charge in [0.15, 0.2) is 0 Å². The van der Waals surface area contributed by atoms with Crippen LogP contribution in [0.1, 0.15) is 105 Å². The molecular formula is C120H103BN4. The van der Waals surface area contributed by atoms with Gasteiger partial charge in [-0.25, -0.2) is 0 Å². The zero-order valence-electron chi connectivity index (χ0n) is 73.5. The van der Waals surface area contributed by atoms with E-state index in [2.05, 4.69) is 508 Å². The molecule has 4 heterocycles. The van der Waals surface area contributed by atoms with Crippen LogP contribution in [0.25, 0.3) is 134 Å². The Balaban J connectivity index is 0.917. The molecule has 0 fully saturated rings. The molecule has 2 aliphatic rings. The van der Waals surface area contributed by atoms with Crippen LogP contribution >= 0.6 is 0 Å². The van der Waals surface area contributed by atoms with Gasteiger partial charge in [0.1, 0.15) is 0 Å². The third-order valence-corrected chi connectivity index (χ3v) is 25.7. The van der Waals surface area contributed by atoms with Gasteiger partial charge in [0.05, 0.1) is 22.8 Å². The number of aromatic nitrogens is 2. The minimum Gasteiger partial charge on any atom is -0.311 e. The summed E-state index contributed by atoms with van der Waals surface area (Å²) in [4.78, 5) is 5.26. The quantitative estimate of drug-likeness (QED) is 0.0951. The van der Waals surface area contributed by atoms with Gasteiger partial charge in [-0.2, -0.15) is 0 Å². The van der Waals surface area contributed by atoms with E-state index in [1.54, 1.807) is 0 Å². The fourth-order valence-corrected chi connectivity index (χ4v) is 19.2. The maximum absolute atomic E-state index is 2.63. The number of hydrogen-bond acceptors (Lipinski definition) is 2. The summed E-state index contributed by atoms with van der Waals surface area (Å²) in [5.74, 6) is 0. The molecule has 20 rings (SSSR count). The van der Waals surface area contributed by atoms with Crippen molar-refractivity contribution in [2.24, 2.45) is 0 Å². The lowest BCUT2D eigenvalue weighted by molar-refractivity contribution is 0.568. The highest BCUT2D eigenvalue weighted by Crippen LogP contribution is 2.55. The molecule has 0 spiro atoms. The van der Waals surface area contributed by atoms with Crippen LogP contribution in [0.4, 0.5) is 34.1 Å². The van der Waals surface area contributed by atoms with Crippen molar-refractivity contribution in [2.75, 3.05) is 9.80 Å². The summed E-state index contributed by atoms with van der Waals surface area (Å²) in [6.07, 6.45) is 0. The van der Waals surface area contributed by atoms with Gasteiger partial charge in [-0.15, -0.1) is 0 Å². The van der Waals surface area contributed by atoms with Gasteiger partial charge >= 0.3 is 0 Å². The smallest absolute Gasteiger partial charge is 0.252 e. The highest BCUT2D eigenvalue weighted by molar-refractivity contribution is 7.00. The number of rotatable bonds is 15. The summed E-state index contributed by atoms with van der Waals surface area (Å²) in [6, 6.07) is 154. The van der Waals surface area contributed by atoms with Crippen molar-refractivity contribution in [1.29, 1.82) is 0 Å². The second-order valence-electron chi connectivity index (χ2n) is 38.1. The molecule has 125 heavy (non-hydrogen) atoms. The zero-order chi connectivity index (χ0) is 85.6. The van der Waals surface area contributed by atoms with Gasteiger partial charge < -0.3 is 18.9 Å². The minimum atomic E-state index is -0.297. The lowest BCUT2D eigenvalue weighted by Gasteiger charge is -2.45. The SMILES string of the molecule is CC(C)(C)c1cc(-c2ccc(N3c4cc(-n5c(-c6ccccc6)c(-c6ccccc6)c(-c6ccccc6)c5-c5ccccc5)ccc4B4c5ccc(-n6c(-c7ccccc7)c(-c7ccccc7)c(-c7ccccc7)c6-c6ccccc6)cc5N(c5ccc(-c6cc(C(C)(C)C)cc(C(C)(C)C)c6)cc5)c5cc(-c6ccccc6)cc3c54)cc2)cc(C(C)(C)C)c1. The van der Waals surface area contributed by atoms with E-state index in [1.165, 1.54) is 60.9 Å². The van der Waals surface area contributed by atoms with Crippen LogP contribution in [0.5, 0.6) is 0 Å². The van der Waals surface area contributed by atoms with E-state index in [4.69, 9.17) is 0 Å². The molecule has 0 unspecified atom stereocenters. The van der Waals surface area contributed by atoms with Crippen molar-refractivity contribution in [3.05, 3.63) is 429 Å². The van der Waals surface area contributed by atoms with Gasteiger partial charge in [-0.1, -0.05) is 429 Å². The first-order valence-corrected chi connectivity index (χ1v) is 44.2. The number of fused-ring (bicyclic) bond motifs is 4. The first kappa shape index (κ1) is 79.2. The van der Waals surface area contributed by atoms with Crippen LogP contribution in [0.15, 0.2) is 406 Å². The summed E-state index contributed by atoms with van der Waals surface area (Å²) < 4.78 is 5.20. The van der Waals surface area contributed by atoms with Crippen LogP contribution in [0.2, 0.25) is 0 Å². The van der Waals surface area contributed by atoms with E-state index in [9.17, 15) is 0 Å². The van der Waals surface area contributed by atoms with Gasteiger partial charge in [0.25, 0.3) is 6.71 Å². The third kappa shape index (κ3) is 14.6. The Morgan fingerprint density at radius 2 is 0.392 bits per heavy atom. The lowest BCUT2D eigenvalue weighted by Crippen LogP contribution is -2.61. The maximum atomic E-state index is 2.63. The van der Waals surface area contributed by atoms with E-state index in [-0.39, 0.29) is 28.4 Å². The second-order valence-corrected chi connectivity index (χ2v) is 38.1. The minimum absolute atomic E-state index is 0.0741. The van der Waals surface area contributed by atoms with E-state index < -0.39 is 0 Å². The molecule has 5 heteroatoms. The molecular weight excluding hydrogens is 1510 g/mol. The zero-order valence-corrected chi connectivity index (χ0v) is 73.5. The van der Waals surface area contributed by atoms with Crippen molar-refractivity contribution in [3.8, 4) is 134 Å². The number of nitrogens with zero attached hydrogens (tertiary/aromatic N) is 4. The molecule has 0 atom stereocenters. The molecule has 0 saturated carbocycles. The van der Waals surface area contributed by atoms with Crippen LogP contribution < -0.4 is 26.2 Å². The van der Waals surface area contributed by atoms with Crippen molar-refractivity contribution in [1.82, 2.24) is 9.13 Å². The normalized spacial score (nSPS) is 12.6. The van der Waals surface area contributed by atoms with E-state index in [0.29, 0.717) is 0 Å². The molecule has 0 amide bonds. The Morgan fingerprint density at radius 3 is 0.640 bits per heavy atom. The highest BCUT2D eigenvalue weighted by atomic mass is 15.2. The molecule has 0 aliphatic carbocycles. The number of anilines is 6. The van der Waals surface area contributed by atoms with Gasteiger partial charge in [-0.05, 0) is 199 Å². The van der Waals surface area contributed by atoms with E-state index in [1.807, 2.05) is 0 Å². The summed E-state index contributed by atoms with van der Waals surface area (Å²) >= 11 is 0. The molecule has 18 aromatic rings. The Morgan fingerprint density at radius 1 is 0.176 bits per heavy atom. The fourth-order valence-electron chi connectivity index (χ4n) is 19.2. The predicted molar refractivity (Wildman–Crippen MR) is 534 cm³/mol. The molecule has 4 nitrogen and oxygen atoms in total. The summed E-state index contributed by atoms with van der Waals surface area (Å²) in [7, 11) is 0. The molecule has 0 saturated heterocycles. The monoisotopic (exact) mass is 1610 g/mol. The average molecular weight is 1610 g/mol. The van der Waals surface area contributed by atoms with Crippen molar-refractivity contribution >= 4 is 57.2 Å². The van der Waals surface area contributed by atoms with Crippen LogP contribution in [-0.2, 0) is 21.7 Å². The topological polar surface area (TPSA) is 16.3 Å². The van der Waals surface area contributed by atoms with Crippen LogP contribution in [-0.4, -0.2) is 15.8 Å². The second kappa shape index (κ2) is 31.6. The van der Waals surface area contributed by atoms with E-state index in [0.717, 1.165) is 146 Å². The van der Waals surface area contributed by atoms with Crippen molar-refractivity contribution in [3.63, 3.8) is 0 Å². The maximum Gasteiger partial charge on any atom is 0.252 e. The summed E-state index contributed by atoms with van der Waals surface area (Å²) in [6.45, 7) is 27.7. The first-order valence-electron chi connectivity index (χ1n) is 44.2. The highest BCUT2D eigenvalue weighted by Gasteiger charge is 2.45. The number of hydrogen-bond donors (Lipinski definition) is 0. The van der Waals surface area contributed by atoms with E-state index >= 15 is 0 Å². The van der Waals surface area contributed by atoms with Gasteiger partial charge in [0.2, 0.25) is 0 Å². The lowest BCUT2D eigenvalue weighted by atomic mass is 9.33.